The Balaban J connectivity index is 1.72. The molecule has 1 fully saturated rings. The lowest BCUT2D eigenvalue weighted by atomic mass is 10.0. The molecule has 32 heavy (non-hydrogen) atoms. The number of halogens is 1. The maximum Gasteiger partial charge on any atom is 0.320 e. The third-order valence-electron chi connectivity index (χ3n) is 5.70. The van der Waals surface area contributed by atoms with Crippen molar-refractivity contribution in [2.75, 3.05) is 25.5 Å². The first-order valence-electron chi connectivity index (χ1n) is 10.9. The lowest BCUT2D eigenvalue weighted by Crippen LogP contribution is -2.50. The van der Waals surface area contributed by atoms with Crippen molar-refractivity contribution in [3.8, 4) is 5.75 Å². The number of amides is 3. The van der Waals surface area contributed by atoms with Gasteiger partial charge in [0.1, 0.15) is 11.8 Å². The van der Waals surface area contributed by atoms with Gasteiger partial charge < -0.3 is 25.6 Å². The standard InChI is InChI=1S/C24H31ClN4O3/c1-16(2)29-14-12-19(13-15-29)26-23(30)22(20-6-4-5-7-21(20)32-3)28-24(31)27-18-10-8-17(25)9-11-18/h4-11,16,19,22H,12-15H2,1-3H3,(H,26,30)(H2,27,28,31). The zero-order valence-electron chi connectivity index (χ0n) is 18.7. The van der Waals surface area contributed by atoms with Crippen LogP contribution in [-0.2, 0) is 4.79 Å². The molecule has 1 heterocycles. The first-order valence-corrected chi connectivity index (χ1v) is 11.3. The fraction of sp³-hybridized carbons (Fsp3) is 0.417. The Morgan fingerprint density at radius 2 is 1.72 bits per heavy atom. The SMILES string of the molecule is COc1ccccc1C(NC(=O)Nc1ccc(Cl)cc1)C(=O)NC1CCN(C(C)C)CC1. The first kappa shape index (κ1) is 23.9. The van der Waals surface area contributed by atoms with E-state index in [1.165, 1.54) is 0 Å². The number of likely N-dealkylation sites (tertiary alicyclic amines) is 1. The highest BCUT2D eigenvalue weighted by atomic mass is 35.5. The Morgan fingerprint density at radius 1 is 1.06 bits per heavy atom. The lowest BCUT2D eigenvalue weighted by molar-refractivity contribution is -0.124. The maximum absolute atomic E-state index is 13.3. The van der Waals surface area contributed by atoms with Gasteiger partial charge in [0, 0.05) is 41.4 Å². The van der Waals surface area contributed by atoms with Crippen LogP contribution in [0.15, 0.2) is 48.5 Å². The Hall–Kier alpha value is -2.77. The summed E-state index contributed by atoms with van der Waals surface area (Å²) in [4.78, 5) is 28.4. The first-order chi connectivity index (χ1) is 15.4. The average Bonchev–Trinajstić information content (AvgIpc) is 2.79. The van der Waals surface area contributed by atoms with Crippen LogP contribution in [0.4, 0.5) is 10.5 Å². The van der Waals surface area contributed by atoms with Crippen LogP contribution in [0.3, 0.4) is 0 Å². The Bertz CT molecular complexity index is 912. The van der Waals surface area contributed by atoms with Crippen LogP contribution in [0.2, 0.25) is 5.02 Å². The summed E-state index contributed by atoms with van der Waals surface area (Å²) in [5, 5.41) is 9.25. The van der Waals surface area contributed by atoms with E-state index in [1.807, 2.05) is 12.1 Å². The number of methoxy groups -OCH3 is 1. The van der Waals surface area contributed by atoms with Gasteiger partial charge in [0.2, 0.25) is 5.91 Å². The van der Waals surface area contributed by atoms with Crippen molar-refractivity contribution in [2.24, 2.45) is 0 Å². The van der Waals surface area contributed by atoms with E-state index in [4.69, 9.17) is 16.3 Å². The minimum atomic E-state index is -0.901. The number of anilines is 1. The molecule has 1 aliphatic rings. The molecule has 0 radical (unpaired) electrons. The Labute approximate surface area is 194 Å². The molecule has 7 nitrogen and oxygen atoms in total. The zero-order chi connectivity index (χ0) is 23.1. The predicted molar refractivity (Wildman–Crippen MR) is 127 cm³/mol. The van der Waals surface area contributed by atoms with Gasteiger partial charge in [-0.15, -0.1) is 0 Å². The summed E-state index contributed by atoms with van der Waals surface area (Å²) < 4.78 is 5.45. The molecule has 0 spiro atoms. The summed E-state index contributed by atoms with van der Waals surface area (Å²) in [6.45, 7) is 6.23. The monoisotopic (exact) mass is 458 g/mol. The molecule has 0 aliphatic carbocycles. The molecule has 1 saturated heterocycles. The Morgan fingerprint density at radius 3 is 2.34 bits per heavy atom. The molecule has 172 valence electrons. The highest BCUT2D eigenvalue weighted by molar-refractivity contribution is 6.30. The minimum absolute atomic E-state index is 0.0656. The number of rotatable bonds is 7. The number of urea groups is 1. The van der Waals surface area contributed by atoms with E-state index in [2.05, 4.69) is 34.7 Å². The molecule has 3 amide bonds. The van der Waals surface area contributed by atoms with Crippen LogP contribution < -0.4 is 20.7 Å². The van der Waals surface area contributed by atoms with E-state index < -0.39 is 12.1 Å². The second kappa shape index (κ2) is 11.2. The van der Waals surface area contributed by atoms with Gasteiger partial charge in [-0.25, -0.2) is 4.79 Å². The molecule has 0 bridgehead atoms. The van der Waals surface area contributed by atoms with Crippen molar-refractivity contribution < 1.29 is 14.3 Å². The fourth-order valence-corrected chi connectivity index (χ4v) is 3.99. The van der Waals surface area contributed by atoms with Crippen molar-refractivity contribution in [2.45, 2.75) is 44.8 Å². The number of carbonyl (C=O) groups is 2. The number of nitrogens with one attached hydrogen (secondary N) is 3. The molecule has 8 heteroatoms. The molecule has 1 aliphatic heterocycles. The van der Waals surface area contributed by atoms with Gasteiger partial charge in [-0.2, -0.15) is 0 Å². The van der Waals surface area contributed by atoms with Crippen molar-refractivity contribution >= 4 is 29.2 Å². The highest BCUT2D eigenvalue weighted by Crippen LogP contribution is 2.26. The molecule has 1 unspecified atom stereocenters. The van der Waals surface area contributed by atoms with Crippen molar-refractivity contribution in [3.05, 3.63) is 59.1 Å². The number of carbonyl (C=O) groups excluding carboxylic acids is 2. The molecule has 0 saturated carbocycles. The molecular weight excluding hydrogens is 428 g/mol. The third-order valence-corrected chi connectivity index (χ3v) is 5.95. The van der Waals surface area contributed by atoms with Crippen LogP contribution in [-0.4, -0.2) is 49.1 Å². The molecule has 2 aromatic rings. The summed E-state index contributed by atoms with van der Waals surface area (Å²) in [5.41, 5.74) is 1.17. The topological polar surface area (TPSA) is 82.7 Å². The maximum atomic E-state index is 13.3. The second-order valence-electron chi connectivity index (χ2n) is 8.19. The zero-order valence-corrected chi connectivity index (χ0v) is 19.5. The summed E-state index contributed by atoms with van der Waals surface area (Å²) in [6, 6.07) is 13.1. The van der Waals surface area contributed by atoms with E-state index in [9.17, 15) is 9.59 Å². The summed E-state index contributed by atoms with van der Waals surface area (Å²) in [7, 11) is 1.54. The number of ether oxygens (including phenoxy) is 1. The summed E-state index contributed by atoms with van der Waals surface area (Å²) in [6.07, 6.45) is 1.75. The normalized spacial score (nSPS) is 15.8. The minimum Gasteiger partial charge on any atom is -0.496 e. The molecule has 1 atom stereocenters. The number of benzene rings is 2. The van der Waals surface area contributed by atoms with Gasteiger partial charge in [0.05, 0.1) is 7.11 Å². The van der Waals surface area contributed by atoms with E-state index in [1.54, 1.807) is 43.5 Å². The average molecular weight is 459 g/mol. The second-order valence-corrected chi connectivity index (χ2v) is 8.63. The molecule has 3 rings (SSSR count). The largest absolute Gasteiger partial charge is 0.496 e. The fourth-order valence-electron chi connectivity index (χ4n) is 3.87. The van der Waals surface area contributed by atoms with E-state index in [-0.39, 0.29) is 11.9 Å². The van der Waals surface area contributed by atoms with Crippen LogP contribution in [0.1, 0.15) is 38.3 Å². The van der Waals surface area contributed by atoms with Crippen LogP contribution in [0.25, 0.3) is 0 Å². The van der Waals surface area contributed by atoms with Gasteiger partial charge in [-0.1, -0.05) is 29.8 Å². The summed E-state index contributed by atoms with van der Waals surface area (Å²) in [5.74, 6) is 0.276. The van der Waals surface area contributed by atoms with Crippen LogP contribution in [0, 0.1) is 0 Å². The Kier molecular flexibility index (Phi) is 8.36. The smallest absolute Gasteiger partial charge is 0.320 e. The summed E-state index contributed by atoms with van der Waals surface area (Å²) >= 11 is 5.91. The number of nitrogens with zero attached hydrogens (tertiary/aromatic N) is 1. The van der Waals surface area contributed by atoms with E-state index in [0.29, 0.717) is 28.1 Å². The highest BCUT2D eigenvalue weighted by Gasteiger charge is 2.29. The van der Waals surface area contributed by atoms with Gasteiger partial charge in [0.25, 0.3) is 0 Å². The molecule has 2 aromatic carbocycles. The lowest BCUT2D eigenvalue weighted by Gasteiger charge is -2.35. The predicted octanol–water partition coefficient (Wildman–Crippen LogP) is 4.20. The van der Waals surface area contributed by atoms with Gasteiger partial charge in [0.15, 0.2) is 0 Å². The third kappa shape index (κ3) is 6.37. The molecule has 0 aromatic heterocycles. The number of hydrogen-bond acceptors (Lipinski definition) is 4. The number of para-hydroxylation sites is 1. The number of piperidine rings is 1. The quantitative estimate of drug-likeness (QED) is 0.580. The van der Waals surface area contributed by atoms with Crippen LogP contribution >= 0.6 is 11.6 Å². The van der Waals surface area contributed by atoms with Crippen molar-refractivity contribution in [1.82, 2.24) is 15.5 Å². The number of hydrogen-bond donors (Lipinski definition) is 3. The molecular formula is C24H31ClN4O3. The van der Waals surface area contributed by atoms with Crippen molar-refractivity contribution in [1.29, 1.82) is 0 Å². The van der Waals surface area contributed by atoms with Crippen molar-refractivity contribution in [3.63, 3.8) is 0 Å². The van der Waals surface area contributed by atoms with Gasteiger partial charge in [-0.05, 0) is 57.0 Å². The molecule has 3 N–H and O–H groups in total. The van der Waals surface area contributed by atoms with E-state index in [0.717, 1.165) is 25.9 Å². The van der Waals surface area contributed by atoms with Gasteiger partial charge >= 0.3 is 6.03 Å². The van der Waals surface area contributed by atoms with E-state index >= 15 is 0 Å². The van der Waals surface area contributed by atoms with Crippen LogP contribution in [0.5, 0.6) is 5.75 Å². The van der Waals surface area contributed by atoms with Gasteiger partial charge in [-0.3, -0.25) is 4.79 Å².